The molecule has 52 valence electrons. The van der Waals surface area contributed by atoms with Crippen molar-refractivity contribution in [2.24, 2.45) is 0 Å². The number of phenolic OH excluding ortho intramolecular Hbond substituents is 1. The van der Waals surface area contributed by atoms with Gasteiger partial charge in [0.1, 0.15) is 16.8 Å². The third kappa shape index (κ3) is 4.49. The Morgan fingerprint density at radius 1 is 1.10 bits per heavy atom. The van der Waals surface area contributed by atoms with Gasteiger partial charge in [0.15, 0.2) is 0 Å². The van der Waals surface area contributed by atoms with E-state index in [4.69, 9.17) is 16.2 Å². The summed E-state index contributed by atoms with van der Waals surface area (Å²) in [7, 11) is 0. The largest absolute Gasteiger partial charge is 0.508 e. The minimum absolute atomic E-state index is 0.322. The molecule has 0 amide bonds. The first-order valence-electron chi connectivity index (χ1n) is 2.58. The SMILES string of the molecule is N=[N+]=N.Oc1ccccc1. The highest BCUT2D eigenvalue weighted by molar-refractivity contribution is 5.18. The number of hydrogen-bond acceptors (Lipinski definition) is 3. The van der Waals surface area contributed by atoms with Crippen molar-refractivity contribution in [3.8, 4) is 5.75 Å². The summed E-state index contributed by atoms with van der Waals surface area (Å²) in [5.74, 6) is 0.322. The molecule has 0 aliphatic carbocycles. The molecule has 0 spiro atoms. The highest BCUT2D eigenvalue weighted by atomic mass is 16.3. The van der Waals surface area contributed by atoms with Gasteiger partial charge in [0.2, 0.25) is 4.91 Å². The van der Waals surface area contributed by atoms with Crippen molar-refractivity contribution in [1.29, 1.82) is 11.1 Å². The Labute approximate surface area is 58.2 Å². The van der Waals surface area contributed by atoms with Gasteiger partial charge < -0.3 is 5.11 Å². The van der Waals surface area contributed by atoms with Crippen molar-refractivity contribution in [3.63, 3.8) is 0 Å². The van der Waals surface area contributed by atoms with Crippen LogP contribution in [0.3, 0.4) is 0 Å². The lowest BCUT2D eigenvalue weighted by Gasteiger charge is -1.82. The number of aromatic hydroxyl groups is 1. The molecular weight excluding hydrogens is 130 g/mol. The number of rotatable bonds is 0. The zero-order valence-corrected chi connectivity index (χ0v) is 5.28. The van der Waals surface area contributed by atoms with Crippen molar-refractivity contribution in [2.45, 2.75) is 0 Å². The molecule has 0 fully saturated rings. The van der Waals surface area contributed by atoms with Gasteiger partial charge in [0.05, 0.1) is 0 Å². The zero-order valence-electron chi connectivity index (χ0n) is 5.28. The molecule has 0 radical (unpaired) electrons. The van der Waals surface area contributed by atoms with E-state index in [1.165, 1.54) is 0 Å². The summed E-state index contributed by atoms with van der Waals surface area (Å²) in [5.41, 5.74) is 11.0. The molecule has 0 aliphatic rings. The van der Waals surface area contributed by atoms with E-state index in [0.29, 0.717) is 5.75 Å². The van der Waals surface area contributed by atoms with E-state index in [1.54, 1.807) is 24.3 Å². The Balaban J connectivity index is 0.000000236. The second-order valence-electron chi connectivity index (χ2n) is 1.45. The quantitative estimate of drug-likeness (QED) is 0.368. The Morgan fingerprint density at radius 2 is 1.50 bits per heavy atom. The first-order valence-corrected chi connectivity index (χ1v) is 2.58. The van der Waals surface area contributed by atoms with Gasteiger partial charge in [-0.3, -0.25) is 0 Å². The minimum atomic E-state index is 0.322. The normalized spacial score (nSPS) is 6.80. The molecule has 4 nitrogen and oxygen atoms in total. The number of nitrogens with zero attached hydrogens (tertiary/aromatic N) is 1. The standard InChI is InChI=1S/C6H6O.H2N3/c7-6-4-2-1-3-5-6;1-3-2/h1-5,7H;1-2H/q;+1. The summed E-state index contributed by atoms with van der Waals surface area (Å²) in [6.45, 7) is 0. The predicted octanol–water partition coefficient (Wildman–Crippen LogP) is 1.51. The van der Waals surface area contributed by atoms with Gasteiger partial charge in [-0.05, 0) is 12.1 Å². The highest BCUT2D eigenvalue weighted by Crippen LogP contribution is 2.02. The van der Waals surface area contributed by atoms with Gasteiger partial charge in [-0.2, -0.15) is 0 Å². The third-order valence-corrected chi connectivity index (χ3v) is 0.756. The molecule has 0 saturated heterocycles. The number of hydrogen-bond donors (Lipinski definition) is 3. The smallest absolute Gasteiger partial charge is 0.211 e. The lowest BCUT2D eigenvalue weighted by Crippen LogP contribution is -1.56. The average Bonchev–Trinajstić information content (AvgIpc) is 1.91. The first kappa shape index (κ1) is 8.33. The fourth-order valence-corrected chi connectivity index (χ4v) is 0.428. The average molecular weight is 138 g/mol. The van der Waals surface area contributed by atoms with Gasteiger partial charge in [0.25, 0.3) is 0 Å². The van der Waals surface area contributed by atoms with Crippen LogP contribution in [0.1, 0.15) is 0 Å². The Morgan fingerprint density at radius 3 is 1.70 bits per heavy atom. The minimum Gasteiger partial charge on any atom is -0.508 e. The molecule has 0 saturated carbocycles. The molecule has 0 unspecified atom stereocenters. The van der Waals surface area contributed by atoms with Crippen LogP contribution in [-0.2, 0) is 0 Å². The van der Waals surface area contributed by atoms with Crippen LogP contribution >= 0.6 is 0 Å². The van der Waals surface area contributed by atoms with Gasteiger partial charge in [0, 0.05) is 0 Å². The maximum atomic E-state index is 8.63. The second kappa shape index (κ2) is 5.47. The van der Waals surface area contributed by atoms with Gasteiger partial charge in [-0.25, -0.2) is 0 Å². The third-order valence-electron chi connectivity index (χ3n) is 0.756. The topological polar surface area (TPSA) is 82.0 Å². The predicted molar refractivity (Wildman–Crippen MR) is 35.7 cm³/mol. The van der Waals surface area contributed by atoms with Crippen molar-refractivity contribution in [1.82, 2.24) is 4.91 Å². The molecule has 1 rings (SSSR count). The van der Waals surface area contributed by atoms with E-state index in [1.807, 2.05) is 11.0 Å². The highest BCUT2D eigenvalue weighted by Gasteiger charge is 1.74. The Kier molecular flexibility index (Phi) is 4.55. The van der Waals surface area contributed by atoms with Crippen molar-refractivity contribution < 1.29 is 5.11 Å². The van der Waals surface area contributed by atoms with E-state index < -0.39 is 0 Å². The van der Waals surface area contributed by atoms with Crippen LogP contribution in [0.4, 0.5) is 0 Å². The summed E-state index contributed by atoms with van der Waals surface area (Å²) in [6, 6.07) is 8.71. The van der Waals surface area contributed by atoms with Crippen LogP contribution in [0.15, 0.2) is 30.3 Å². The summed E-state index contributed by atoms with van der Waals surface area (Å²) in [4.78, 5) is 2.00. The van der Waals surface area contributed by atoms with Crippen LogP contribution in [0, 0.1) is 11.1 Å². The molecule has 4 heteroatoms. The number of benzene rings is 1. The first-order chi connectivity index (χ1) is 4.81. The number of nitrogens with one attached hydrogen (secondary N) is 2. The summed E-state index contributed by atoms with van der Waals surface area (Å²) in [6.07, 6.45) is 0. The number of para-hydroxylation sites is 1. The fraction of sp³-hybridized carbons (Fsp3) is 0. The number of phenols is 1. The van der Waals surface area contributed by atoms with E-state index >= 15 is 0 Å². The molecule has 0 atom stereocenters. The van der Waals surface area contributed by atoms with Crippen molar-refractivity contribution in [3.05, 3.63) is 30.3 Å². The van der Waals surface area contributed by atoms with Crippen LogP contribution < -0.4 is 4.91 Å². The Hall–Kier alpha value is -1.67. The van der Waals surface area contributed by atoms with Crippen molar-refractivity contribution in [2.75, 3.05) is 0 Å². The van der Waals surface area contributed by atoms with Crippen LogP contribution in [0.5, 0.6) is 5.75 Å². The molecule has 1 aromatic carbocycles. The van der Waals surface area contributed by atoms with Crippen LogP contribution in [0.25, 0.3) is 0 Å². The maximum absolute atomic E-state index is 8.63. The Bertz CT molecular complexity index is 203. The monoisotopic (exact) mass is 138 g/mol. The van der Waals surface area contributed by atoms with Gasteiger partial charge >= 0.3 is 0 Å². The molecule has 0 aromatic heterocycles. The molecule has 0 heterocycles. The zero-order chi connectivity index (χ0) is 7.82. The van der Waals surface area contributed by atoms with E-state index in [9.17, 15) is 0 Å². The van der Waals surface area contributed by atoms with Crippen LogP contribution in [-0.4, -0.2) is 5.11 Å². The van der Waals surface area contributed by atoms with Crippen molar-refractivity contribution >= 4 is 0 Å². The molecule has 0 aliphatic heterocycles. The van der Waals surface area contributed by atoms with E-state index in [-0.39, 0.29) is 0 Å². The van der Waals surface area contributed by atoms with Gasteiger partial charge in [-0.1, -0.05) is 18.2 Å². The van der Waals surface area contributed by atoms with Gasteiger partial charge in [-0.15, -0.1) is 0 Å². The summed E-state index contributed by atoms with van der Waals surface area (Å²) >= 11 is 0. The van der Waals surface area contributed by atoms with Crippen LogP contribution in [0.2, 0.25) is 0 Å². The lowest BCUT2D eigenvalue weighted by molar-refractivity contribution is 0.475. The molecule has 0 bridgehead atoms. The molecular formula is C6H8N3O+. The van der Waals surface area contributed by atoms with E-state index in [2.05, 4.69) is 0 Å². The molecule has 10 heavy (non-hydrogen) atoms. The fourth-order valence-electron chi connectivity index (χ4n) is 0.428. The lowest BCUT2D eigenvalue weighted by atomic mass is 10.3. The maximum Gasteiger partial charge on any atom is 0.211 e. The molecule has 1 aromatic rings. The molecule has 3 N–H and O–H groups in total. The summed E-state index contributed by atoms with van der Waals surface area (Å²) < 4.78 is 0. The summed E-state index contributed by atoms with van der Waals surface area (Å²) in [5, 5.41) is 8.63. The second-order valence-corrected chi connectivity index (χ2v) is 1.45. The van der Waals surface area contributed by atoms with E-state index in [0.717, 1.165) is 0 Å².